The van der Waals surface area contributed by atoms with Crippen molar-refractivity contribution in [3.63, 3.8) is 0 Å². The largest absolute Gasteiger partial charge is 0.349 e. The molecular weight excluding hydrogens is 334 g/mol. The van der Waals surface area contributed by atoms with Crippen LogP contribution in [0.15, 0.2) is 42.5 Å². The van der Waals surface area contributed by atoms with Crippen molar-refractivity contribution in [2.24, 2.45) is 0 Å². The Labute approximate surface area is 142 Å². The zero-order chi connectivity index (χ0) is 17.1. The molecule has 1 atom stereocenters. The Balaban J connectivity index is 1.94. The molecule has 0 aliphatic rings. The summed E-state index contributed by atoms with van der Waals surface area (Å²) in [5.74, 6) is 0.332. The molecule has 1 aromatic heterocycles. The second-order valence-electron chi connectivity index (χ2n) is 5.28. The monoisotopic (exact) mass is 346 g/mol. The number of nitriles is 1. The zero-order valence-electron chi connectivity index (χ0n) is 12.4. The minimum atomic E-state index is -2.49. The van der Waals surface area contributed by atoms with Crippen molar-refractivity contribution in [1.29, 1.82) is 5.26 Å². The van der Waals surface area contributed by atoms with Crippen LogP contribution in [0.4, 0.5) is 14.7 Å². The van der Waals surface area contributed by atoms with Gasteiger partial charge in [-0.25, -0.2) is 13.8 Å². The lowest BCUT2D eigenvalue weighted by Crippen LogP contribution is -2.15. The highest BCUT2D eigenvalue weighted by Gasteiger charge is 2.19. The van der Waals surface area contributed by atoms with Gasteiger partial charge in [0.25, 0.3) is 0 Å². The summed E-state index contributed by atoms with van der Waals surface area (Å²) >= 11 is 5.96. The van der Waals surface area contributed by atoms with Crippen molar-refractivity contribution in [2.75, 3.05) is 5.32 Å². The number of hydrogen-bond acceptors (Lipinski definition) is 3. The van der Waals surface area contributed by atoms with Gasteiger partial charge in [-0.3, -0.25) is 0 Å². The lowest BCUT2D eigenvalue weighted by molar-refractivity contribution is 0.131. The first-order chi connectivity index (χ1) is 11.6. The van der Waals surface area contributed by atoms with Gasteiger partial charge in [0.1, 0.15) is 11.6 Å². The number of aromatic nitrogens is 2. The van der Waals surface area contributed by atoms with Crippen LogP contribution in [0.25, 0.3) is 11.0 Å². The van der Waals surface area contributed by atoms with Crippen LogP contribution in [0.1, 0.15) is 23.6 Å². The molecule has 0 spiro atoms. The summed E-state index contributed by atoms with van der Waals surface area (Å²) in [6.07, 6.45) is -2.87. The highest BCUT2D eigenvalue weighted by atomic mass is 35.5. The molecule has 2 N–H and O–H groups in total. The number of para-hydroxylation sites is 1. The van der Waals surface area contributed by atoms with E-state index >= 15 is 0 Å². The van der Waals surface area contributed by atoms with Gasteiger partial charge < -0.3 is 10.3 Å². The van der Waals surface area contributed by atoms with Crippen molar-refractivity contribution >= 4 is 28.6 Å². The minimum Gasteiger partial charge on any atom is -0.349 e. The van der Waals surface area contributed by atoms with Crippen molar-refractivity contribution in [3.05, 3.63) is 58.6 Å². The zero-order valence-corrected chi connectivity index (χ0v) is 13.2. The summed E-state index contributed by atoms with van der Waals surface area (Å²) in [5.41, 5.74) is 2.23. The van der Waals surface area contributed by atoms with Gasteiger partial charge in [0.15, 0.2) is 0 Å². The van der Waals surface area contributed by atoms with E-state index in [4.69, 9.17) is 16.9 Å². The van der Waals surface area contributed by atoms with Gasteiger partial charge in [-0.05, 0) is 29.8 Å². The molecule has 3 rings (SSSR count). The normalized spacial score (nSPS) is 12.3. The molecular formula is C17H13ClF2N4. The molecule has 24 heavy (non-hydrogen) atoms. The summed E-state index contributed by atoms with van der Waals surface area (Å²) < 4.78 is 25.9. The number of nitrogens with zero attached hydrogens (tertiary/aromatic N) is 2. The molecule has 0 radical (unpaired) electrons. The quantitative estimate of drug-likeness (QED) is 0.690. The molecule has 0 fully saturated rings. The third kappa shape index (κ3) is 3.47. The molecule has 3 aromatic rings. The molecule has 0 aliphatic carbocycles. The second kappa shape index (κ2) is 6.85. The van der Waals surface area contributed by atoms with Crippen LogP contribution in [0.5, 0.6) is 0 Å². The van der Waals surface area contributed by atoms with E-state index in [9.17, 15) is 8.78 Å². The fourth-order valence-corrected chi connectivity index (χ4v) is 2.73. The first kappa shape index (κ1) is 16.2. The summed E-state index contributed by atoms with van der Waals surface area (Å²) in [6.45, 7) is 0. The molecule has 0 saturated carbocycles. The smallest absolute Gasteiger partial charge is 0.240 e. The predicted molar refractivity (Wildman–Crippen MR) is 89.2 cm³/mol. The van der Waals surface area contributed by atoms with E-state index in [1.54, 1.807) is 42.5 Å². The van der Waals surface area contributed by atoms with Crippen molar-refractivity contribution in [1.82, 2.24) is 9.97 Å². The minimum absolute atomic E-state index is 0.332. The van der Waals surface area contributed by atoms with Crippen LogP contribution < -0.4 is 5.32 Å². The van der Waals surface area contributed by atoms with Crippen LogP contribution in [-0.2, 0) is 0 Å². The Morgan fingerprint density at radius 3 is 2.75 bits per heavy atom. The van der Waals surface area contributed by atoms with Crippen LogP contribution in [0.2, 0.25) is 5.02 Å². The molecule has 7 heteroatoms. The molecule has 0 aliphatic heterocycles. The van der Waals surface area contributed by atoms with Gasteiger partial charge in [0.2, 0.25) is 12.4 Å². The lowest BCUT2D eigenvalue weighted by atomic mass is 10.0. The number of benzene rings is 2. The predicted octanol–water partition coefficient (Wildman–Crippen LogP) is 4.90. The van der Waals surface area contributed by atoms with Crippen LogP contribution in [0.3, 0.4) is 0 Å². The maximum Gasteiger partial charge on any atom is 0.240 e. The van der Waals surface area contributed by atoms with E-state index in [-0.39, 0.29) is 6.42 Å². The van der Waals surface area contributed by atoms with Crippen LogP contribution >= 0.6 is 11.6 Å². The van der Waals surface area contributed by atoms with Gasteiger partial charge in [-0.15, -0.1) is 0 Å². The molecule has 0 amide bonds. The summed E-state index contributed by atoms with van der Waals surface area (Å²) in [6, 6.07) is 13.3. The Kier molecular flexibility index (Phi) is 4.63. The lowest BCUT2D eigenvalue weighted by Gasteiger charge is -2.18. The van der Waals surface area contributed by atoms with Gasteiger partial charge >= 0.3 is 0 Å². The number of H-pyrrole nitrogens is 1. The number of anilines is 1. The van der Waals surface area contributed by atoms with Crippen molar-refractivity contribution in [2.45, 2.75) is 18.9 Å². The number of nitrogens with one attached hydrogen (secondary N) is 2. The van der Waals surface area contributed by atoms with E-state index in [2.05, 4.69) is 21.4 Å². The third-order valence-electron chi connectivity index (χ3n) is 3.61. The SMILES string of the molecule is N#Cc1cccc2[nH]c(NC(CC(F)F)c3cccc(Cl)c3)nc12. The number of alkyl halides is 2. The van der Waals surface area contributed by atoms with Crippen LogP contribution in [-0.4, -0.2) is 16.4 Å². The van der Waals surface area contributed by atoms with Crippen LogP contribution in [0, 0.1) is 11.3 Å². The molecule has 2 aromatic carbocycles. The van der Waals surface area contributed by atoms with E-state index < -0.39 is 12.5 Å². The Morgan fingerprint density at radius 1 is 1.25 bits per heavy atom. The van der Waals surface area contributed by atoms with E-state index in [0.29, 0.717) is 33.1 Å². The highest BCUT2D eigenvalue weighted by molar-refractivity contribution is 6.30. The maximum absolute atomic E-state index is 13.0. The number of halogens is 3. The molecule has 4 nitrogen and oxygen atoms in total. The Bertz CT molecular complexity index is 901. The average Bonchev–Trinajstić information content (AvgIpc) is 2.96. The molecule has 1 heterocycles. The topological polar surface area (TPSA) is 64.5 Å². The van der Waals surface area contributed by atoms with Gasteiger partial charge in [-0.1, -0.05) is 29.8 Å². The molecule has 0 bridgehead atoms. The molecule has 122 valence electrons. The standard InChI is InChI=1S/C17H13ClF2N4/c18-12-5-1-3-10(7-12)14(8-15(19)20)23-17-22-13-6-2-4-11(9-21)16(13)24-17/h1-7,14-15H,8H2,(H2,22,23,24). The fraction of sp³-hybridized carbons (Fsp3) is 0.176. The van der Waals surface area contributed by atoms with Crippen molar-refractivity contribution < 1.29 is 8.78 Å². The van der Waals surface area contributed by atoms with E-state index in [1.807, 2.05) is 0 Å². The second-order valence-corrected chi connectivity index (χ2v) is 5.71. The first-order valence-electron chi connectivity index (χ1n) is 7.26. The Morgan fingerprint density at radius 2 is 2.04 bits per heavy atom. The number of rotatable bonds is 5. The number of imidazole rings is 1. The maximum atomic E-state index is 13.0. The number of aromatic amines is 1. The van der Waals surface area contributed by atoms with E-state index in [0.717, 1.165) is 0 Å². The molecule has 1 unspecified atom stereocenters. The summed E-state index contributed by atoms with van der Waals surface area (Å²) in [5, 5.41) is 12.6. The van der Waals surface area contributed by atoms with Gasteiger partial charge in [0, 0.05) is 11.4 Å². The average molecular weight is 347 g/mol. The number of fused-ring (bicyclic) bond motifs is 1. The van der Waals surface area contributed by atoms with Gasteiger partial charge in [-0.2, -0.15) is 5.26 Å². The molecule has 0 saturated heterocycles. The highest BCUT2D eigenvalue weighted by Crippen LogP contribution is 2.27. The third-order valence-corrected chi connectivity index (χ3v) is 3.84. The summed E-state index contributed by atoms with van der Waals surface area (Å²) in [7, 11) is 0. The summed E-state index contributed by atoms with van der Waals surface area (Å²) in [4.78, 5) is 7.32. The first-order valence-corrected chi connectivity index (χ1v) is 7.63. The number of hydrogen-bond donors (Lipinski definition) is 2. The van der Waals surface area contributed by atoms with Crippen molar-refractivity contribution in [3.8, 4) is 6.07 Å². The fourth-order valence-electron chi connectivity index (χ4n) is 2.54. The van der Waals surface area contributed by atoms with Gasteiger partial charge in [0.05, 0.1) is 17.1 Å². The van der Waals surface area contributed by atoms with E-state index in [1.165, 1.54) is 0 Å². The Hall–Kier alpha value is -2.65.